The molecule has 0 radical (unpaired) electrons. The van der Waals surface area contributed by atoms with E-state index in [2.05, 4.69) is 34.6 Å². The quantitative estimate of drug-likeness (QED) is 0.846. The van der Waals surface area contributed by atoms with Gasteiger partial charge in [0.05, 0.1) is 11.3 Å². The SMILES string of the molecule is CCc1cccc(Nc2nnc(C)c(C)c2C(N)=S)c1. The van der Waals surface area contributed by atoms with Gasteiger partial charge in [-0.2, -0.15) is 5.10 Å². The molecule has 0 fully saturated rings. The smallest absolute Gasteiger partial charge is 0.163 e. The minimum Gasteiger partial charge on any atom is -0.389 e. The number of hydrogen-bond acceptors (Lipinski definition) is 4. The van der Waals surface area contributed by atoms with Gasteiger partial charge in [0.2, 0.25) is 0 Å². The molecule has 0 bridgehead atoms. The van der Waals surface area contributed by atoms with Crippen LogP contribution in [0.5, 0.6) is 0 Å². The largest absolute Gasteiger partial charge is 0.389 e. The fourth-order valence-electron chi connectivity index (χ4n) is 2.00. The molecule has 1 aromatic heterocycles. The first-order valence-electron chi connectivity index (χ1n) is 6.52. The zero-order valence-corrected chi connectivity index (χ0v) is 12.7. The van der Waals surface area contributed by atoms with Gasteiger partial charge < -0.3 is 11.1 Å². The zero-order valence-electron chi connectivity index (χ0n) is 11.9. The number of hydrogen-bond donors (Lipinski definition) is 2. The topological polar surface area (TPSA) is 63.8 Å². The number of anilines is 2. The van der Waals surface area contributed by atoms with E-state index in [-0.39, 0.29) is 0 Å². The molecule has 0 aliphatic rings. The lowest BCUT2D eigenvalue weighted by Gasteiger charge is -2.13. The van der Waals surface area contributed by atoms with E-state index in [0.717, 1.165) is 28.9 Å². The monoisotopic (exact) mass is 286 g/mol. The Kier molecular flexibility index (Phi) is 4.29. The highest BCUT2D eigenvalue weighted by Gasteiger charge is 2.13. The highest BCUT2D eigenvalue weighted by molar-refractivity contribution is 7.80. The summed E-state index contributed by atoms with van der Waals surface area (Å²) in [4.78, 5) is 0.328. The molecule has 2 aromatic rings. The molecule has 104 valence electrons. The lowest BCUT2D eigenvalue weighted by molar-refractivity contribution is 0.963. The summed E-state index contributed by atoms with van der Waals surface area (Å²) in [6, 6.07) is 8.17. The summed E-state index contributed by atoms with van der Waals surface area (Å²) in [6.45, 7) is 5.97. The summed E-state index contributed by atoms with van der Waals surface area (Å²) in [5.41, 5.74) is 10.6. The van der Waals surface area contributed by atoms with Crippen molar-refractivity contribution in [3.05, 3.63) is 46.6 Å². The lowest BCUT2D eigenvalue weighted by Crippen LogP contribution is -2.16. The number of nitrogens with one attached hydrogen (secondary N) is 1. The van der Waals surface area contributed by atoms with E-state index in [1.807, 2.05) is 26.0 Å². The van der Waals surface area contributed by atoms with Crippen LogP contribution in [0, 0.1) is 13.8 Å². The Morgan fingerprint density at radius 3 is 2.70 bits per heavy atom. The number of aromatic nitrogens is 2. The van der Waals surface area contributed by atoms with Crippen molar-refractivity contribution in [2.75, 3.05) is 5.32 Å². The van der Waals surface area contributed by atoms with Crippen molar-refractivity contribution in [3.8, 4) is 0 Å². The molecule has 0 unspecified atom stereocenters. The summed E-state index contributed by atoms with van der Waals surface area (Å²) in [5.74, 6) is 0.605. The van der Waals surface area contributed by atoms with Gasteiger partial charge in [-0.3, -0.25) is 0 Å². The van der Waals surface area contributed by atoms with Crippen molar-refractivity contribution in [1.29, 1.82) is 0 Å². The van der Waals surface area contributed by atoms with E-state index < -0.39 is 0 Å². The number of rotatable bonds is 4. The number of nitrogens with two attached hydrogens (primary N) is 1. The number of benzene rings is 1. The molecule has 0 aliphatic heterocycles. The van der Waals surface area contributed by atoms with Gasteiger partial charge in [0.1, 0.15) is 4.99 Å². The lowest BCUT2D eigenvalue weighted by atomic mass is 10.1. The molecule has 0 spiro atoms. The van der Waals surface area contributed by atoms with Crippen LogP contribution in [0.1, 0.15) is 29.3 Å². The maximum atomic E-state index is 5.82. The third-order valence-corrected chi connectivity index (χ3v) is 3.50. The number of aryl methyl sites for hydroxylation is 2. The second kappa shape index (κ2) is 5.96. The highest BCUT2D eigenvalue weighted by atomic mass is 32.1. The van der Waals surface area contributed by atoms with Crippen molar-refractivity contribution in [2.24, 2.45) is 5.73 Å². The van der Waals surface area contributed by atoms with Crippen molar-refractivity contribution in [3.63, 3.8) is 0 Å². The first-order chi connectivity index (χ1) is 9.52. The van der Waals surface area contributed by atoms with E-state index in [9.17, 15) is 0 Å². The third-order valence-electron chi connectivity index (χ3n) is 3.30. The van der Waals surface area contributed by atoms with E-state index in [4.69, 9.17) is 18.0 Å². The van der Waals surface area contributed by atoms with Crippen molar-refractivity contribution < 1.29 is 0 Å². The van der Waals surface area contributed by atoms with Gasteiger partial charge in [-0.15, -0.1) is 5.10 Å². The number of nitrogens with zero attached hydrogens (tertiary/aromatic N) is 2. The first kappa shape index (κ1) is 14.4. The van der Waals surface area contributed by atoms with Gasteiger partial charge in [0, 0.05) is 5.69 Å². The van der Waals surface area contributed by atoms with E-state index in [1.54, 1.807) is 0 Å². The molecule has 1 aromatic carbocycles. The molecule has 20 heavy (non-hydrogen) atoms. The summed E-state index contributed by atoms with van der Waals surface area (Å²) >= 11 is 5.13. The standard InChI is InChI=1S/C15H18N4S/c1-4-11-6-5-7-12(8-11)17-15-13(14(16)20)9(2)10(3)18-19-15/h5-8H,4H2,1-3H3,(H2,16,20)(H,17,19). The predicted molar refractivity (Wildman–Crippen MR) is 86.5 cm³/mol. The third kappa shape index (κ3) is 2.93. The second-order valence-electron chi connectivity index (χ2n) is 4.68. The van der Waals surface area contributed by atoms with Crippen LogP contribution in [0.25, 0.3) is 0 Å². The normalized spacial score (nSPS) is 10.3. The Morgan fingerprint density at radius 2 is 2.05 bits per heavy atom. The van der Waals surface area contributed by atoms with Crippen LogP contribution in [0.2, 0.25) is 0 Å². The molecule has 3 N–H and O–H groups in total. The molecular formula is C15H18N4S. The summed E-state index contributed by atoms with van der Waals surface area (Å²) < 4.78 is 0. The van der Waals surface area contributed by atoms with Crippen LogP contribution in [0.4, 0.5) is 11.5 Å². The van der Waals surface area contributed by atoms with Gasteiger partial charge in [0.25, 0.3) is 0 Å². The molecule has 0 amide bonds. The van der Waals surface area contributed by atoms with Gasteiger partial charge in [-0.05, 0) is 43.5 Å². The van der Waals surface area contributed by atoms with Crippen LogP contribution in [0.15, 0.2) is 24.3 Å². The molecular weight excluding hydrogens is 268 g/mol. The van der Waals surface area contributed by atoms with Crippen molar-refractivity contribution >= 4 is 28.7 Å². The molecule has 1 heterocycles. The Morgan fingerprint density at radius 1 is 1.30 bits per heavy atom. The Labute approximate surface area is 124 Å². The first-order valence-corrected chi connectivity index (χ1v) is 6.93. The molecule has 2 rings (SSSR count). The van der Waals surface area contributed by atoms with Crippen LogP contribution in [0.3, 0.4) is 0 Å². The second-order valence-corrected chi connectivity index (χ2v) is 5.12. The van der Waals surface area contributed by atoms with Crippen LogP contribution >= 0.6 is 12.2 Å². The minimum atomic E-state index is 0.328. The summed E-state index contributed by atoms with van der Waals surface area (Å²) in [5, 5.41) is 11.6. The Hall–Kier alpha value is -2.01. The molecule has 5 heteroatoms. The van der Waals surface area contributed by atoms with E-state index >= 15 is 0 Å². The molecule has 0 aliphatic carbocycles. The van der Waals surface area contributed by atoms with Crippen LogP contribution < -0.4 is 11.1 Å². The number of thiocarbonyl (C=S) groups is 1. The van der Waals surface area contributed by atoms with Crippen LogP contribution in [-0.2, 0) is 6.42 Å². The minimum absolute atomic E-state index is 0.328. The van der Waals surface area contributed by atoms with Gasteiger partial charge in [-0.25, -0.2) is 0 Å². The molecule has 4 nitrogen and oxygen atoms in total. The Bertz CT molecular complexity index is 652. The van der Waals surface area contributed by atoms with Crippen molar-refractivity contribution in [2.45, 2.75) is 27.2 Å². The molecule has 0 atom stereocenters. The molecule has 0 saturated heterocycles. The average molecular weight is 286 g/mol. The van der Waals surface area contributed by atoms with E-state index in [0.29, 0.717) is 10.8 Å². The Balaban J connectivity index is 2.43. The fraction of sp³-hybridized carbons (Fsp3) is 0.267. The maximum absolute atomic E-state index is 5.82. The van der Waals surface area contributed by atoms with Gasteiger partial charge in [0.15, 0.2) is 5.82 Å². The average Bonchev–Trinajstić information content (AvgIpc) is 2.43. The predicted octanol–water partition coefficient (Wildman–Crippen LogP) is 3.03. The van der Waals surface area contributed by atoms with Crippen molar-refractivity contribution in [1.82, 2.24) is 10.2 Å². The fourth-order valence-corrected chi connectivity index (χ4v) is 2.25. The highest BCUT2D eigenvalue weighted by Crippen LogP contribution is 2.23. The summed E-state index contributed by atoms with van der Waals surface area (Å²) in [7, 11) is 0. The zero-order chi connectivity index (χ0) is 14.7. The summed E-state index contributed by atoms with van der Waals surface area (Å²) in [6.07, 6.45) is 0.982. The van der Waals surface area contributed by atoms with E-state index in [1.165, 1.54) is 5.56 Å². The molecule has 0 saturated carbocycles. The van der Waals surface area contributed by atoms with Gasteiger partial charge >= 0.3 is 0 Å². The maximum Gasteiger partial charge on any atom is 0.163 e. The van der Waals surface area contributed by atoms with Gasteiger partial charge in [-0.1, -0.05) is 31.3 Å². The van der Waals surface area contributed by atoms with Crippen LogP contribution in [-0.4, -0.2) is 15.2 Å².